The quantitative estimate of drug-likeness (QED) is 0.286. The van der Waals surface area contributed by atoms with Crippen molar-refractivity contribution in [3.8, 4) is 11.5 Å². The maximum atomic E-state index is 9.53. The number of para-hydroxylation sites is 2. The molecule has 2 aromatic heterocycles. The number of rotatable bonds is 4. The molecule has 4 rings (SSSR count). The molecular formula is C26H24CuN4O2. The predicted octanol–water partition coefficient (Wildman–Crippen LogP) is 5.69. The zero-order chi connectivity index (χ0) is 22.8. The summed E-state index contributed by atoms with van der Waals surface area (Å²) in [7, 11) is 0. The van der Waals surface area contributed by atoms with Gasteiger partial charge in [0, 0.05) is 52.0 Å². The Morgan fingerprint density at radius 2 is 0.970 bits per heavy atom. The number of aryl methyl sites for hydroxylation is 2. The fraction of sp³-hybridized carbons (Fsp3) is 0.0769. The summed E-state index contributed by atoms with van der Waals surface area (Å²) in [5.74, 6) is 1.73. The Morgan fingerprint density at radius 1 is 0.576 bits per heavy atom. The number of hydrogen-bond donors (Lipinski definition) is 2. The first-order valence-corrected chi connectivity index (χ1v) is 10.0. The summed E-state index contributed by atoms with van der Waals surface area (Å²) in [4.78, 5) is 16.9. The van der Waals surface area contributed by atoms with Crippen LogP contribution >= 0.6 is 0 Å². The summed E-state index contributed by atoms with van der Waals surface area (Å²) in [6.07, 6.45) is 3.22. The molecule has 0 spiro atoms. The fourth-order valence-corrected chi connectivity index (χ4v) is 2.67. The van der Waals surface area contributed by atoms with E-state index in [4.69, 9.17) is 0 Å². The van der Waals surface area contributed by atoms with Crippen molar-refractivity contribution in [2.75, 3.05) is 0 Å². The average Bonchev–Trinajstić information content (AvgIpc) is 2.79. The minimum absolute atomic E-state index is 0. The van der Waals surface area contributed by atoms with Crippen LogP contribution in [0.15, 0.2) is 94.9 Å². The molecule has 0 fully saturated rings. The van der Waals surface area contributed by atoms with Gasteiger partial charge in [-0.05, 0) is 62.4 Å². The maximum Gasteiger partial charge on any atom is 0.152 e. The summed E-state index contributed by atoms with van der Waals surface area (Å²) < 4.78 is 0. The number of phenolic OH excluding ortho intramolecular Hbond substituents is 2. The Morgan fingerprint density at radius 3 is 1.33 bits per heavy atom. The predicted molar refractivity (Wildman–Crippen MR) is 129 cm³/mol. The van der Waals surface area contributed by atoms with E-state index in [9.17, 15) is 10.2 Å². The second-order valence-electron chi connectivity index (χ2n) is 6.91. The normalized spacial score (nSPS) is 10.5. The first-order valence-electron chi connectivity index (χ1n) is 10.0. The van der Waals surface area contributed by atoms with E-state index < -0.39 is 0 Å². The number of nitrogens with zero attached hydrogens (tertiary/aromatic N) is 4. The smallest absolute Gasteiger partial charge is 0.152 e. The monoisotopic (exact) mass is 487 g/mol. The van der Waals surface area contributed by atoms with Gasteiger partial charge in [-0.15, -0.1) is 0 Å². The standard InChI is InChI=1S/2C13H12N2O.Cu/c2*1-10-5-4-8-13(15-10)14-9-11-6-2-3-7-12(11)16;/h2*2-9,16H,1H3;/b2*14-9+;. The molecule has 6 nitrogen and oxygen atoms in total. The van der Waals surface area contributed by atoms with E-state index in [2.05, 4.69) is 20.0 Å². The van der Waals surface area contributed by atoms with Gasteiger partial charge in [0.25, 0.3) is 0 Å². The molecule has 0 saturated carbocycles. The molecule has 0 unspecified atom stereocenters. The van der Waals surface area contributed by atoms with Gasteiger partial charge < -0.3 is 10.2 Å². The molecule has 0 saturated heterocycles. The third-order valence-corrected chi connectivity index (χ3v) is 4.29. The number of aromatic nitrogens is 2. The van der Waals surface area contributed by atoms with Gasteiger partial charge in [0.1, 0.15) is 11.5 Å². The third kappa shape index (κ3) is 8.33. The molecule has 0 aliphatic rings. The van der Waals surface area contributed by atoms with Gasteiger partial charge in [-0.25, -0.2) is 20.0 Å². The van der Waals surface area contributed by atoms with Gasteiger partial charge >= 0.3 is 0 Å². The zero-order valence-electron chi connectivity index (χ0n) is 18.2. The maximum absolute atomic E-state index is 9.53. The van der Waals surface area contributed by atoms with E-state index in [1.54, 1.807) is 48.8 Å². The van der Waals surface area contributed by atoms with E-state index in [0.717, 1.165) is 11.4 Å². The minimum atomic E-state index is 0. The molecule has 0 amide bonds. The number of benzene rings is 2. The summed E-state index contributed by atoms with van der Waals surface area (Å²) in [6.45, 7) is 3.83. The third-order valence-electron chi connectivity index (χ3n) is 4.29. The molecule has 0 aliphatic carbocycles. The van der Waals surface area contributed by atoms with Crippen LogP contribution in [-0.4, -0.2) is 32.6 Å². The number of aromatic hydroxyl groups is 2. The molecule has 2 heterocycles. The van der Waals surface area contributed by atoms with E-state index in [0.29, 0.717) is 22.8 Å². The number of aliphatic imine (C=N–C) groups is 2. The second kappa shape index (κ2) is 12.9. The molecule has 1 radical (unpaired) electrons. The first-order chi connectivity index (χ1) is 15.5. The molecular weight excluding hydrogens is 464 g/mol. The van der Waals surface area contributed by atoms with Crippen LogP contribution in [0, 0.1) is 13.8 Å². The van der Waals surface area contributed by atoms with Crippen molar-refractivity contribution in [1.82, 2.24) is 9.97 Å². The Balaban J connectivity index is 0.000000227. The van der Waals surface area contributed by atoms with Crippen LogP contribution in [0.3, 0.4) is 0 Å². The van der Waals surface area contributed by atoms with Crippen LogP contribution in [0.1, 0.15) is 22.5 Å². The summed E-state index contributed by atoms with van der Waals surface area (Å²) >= 11 is 0. The van der Waals surface area contributed by atoms with E-state index in [1.807, 2.05) is 62.4 Å². The minimum Gasteiger partial charge on any atom is -0.507 e. The van der Waals surface area contributed by atoms with Crippen LogP contribution in [-0.2, 0) is 17.1 Å². The molecule has 33 heavy (non-hydrogen) atoms. The molecule has 0 bridgehead atoms. The van der Waals surface area contributed by atoms with Crippen LogP contribution in [0.2, 0.25) is 0 Å². The van der Waals surface area contributed by atoms with Gasteiger partial charge in [0.2, 0.25) is 0 Å². The topological polar surface area (TPSA) is 91.0 Å². The average molecular weight is 488 g/mol. The van der Waals surface area contributed by atoms with Gasteiger partial charge in [-0.2, -0.15) is 0 Å². The van der Waals surface area contributed by atoms with Gasteiger partial charge in [0.15, 0.2) is 11.6 Å². The zero-order valence-corrected chi connectivity index (χ0v) is 19.2. The molecule has 2 N–H and O–H groups in total. The molecule has 0 aliphatic heterocycles. The number of hydrogen-bond acceptors (Lipinski definition) is 6. The van der Waals surface area contributed by atoms with Gasteiger partial charge in [-0.1, -0.05) is 36.4 Å². The van der Waals surface area contributed by atoms with E-state index >= 15 is 0 Å². The summed E-state index contributed by atoms with van der Waals surface area (Å²) in [6, 6.07) is 25.4. The molecule has 0 atom stereocenters. The summed E-state index contributed by atoms with van der Waals surface area (Å²) in [5, 5.41) is 19.1. The van der Waals surface area contributed by atoms with Crippen molar-refractivity contribution in [3.63, 3.8) is 0 Å². The van der Waals surface area contributed by atoms with Crippen molar-refractivity contribution >= 4 is 24.1 Å². The fourth-order valence-electron chi connectivity index (χ4n) is 2.67. The Hall–Kier alpha value is -3.80. The van der Waals surface area contributed by atoms with Crippen molar-refractivity contribution in [1.29, 1.82) is 0 Å². The molecule has 4 aromatic rings. The Kier molecular flexibility index (Phi) is 9.96. The van der Waals surface area contributed by atoms with Crippen LogP contribution in [0.25, 0.3) is 0 Å². The molecule has 171 valence electrons. The summed E-state index contributed by atoms with van der Waals surface area (Å²) in [5.41, 5.74) is 3.22. The Labute approximate surface area is 203 Å². The second-order valence-corrected chi connectivity index (χ2v) is 6.91. The van der Waals surface area contributed by atoms with Crippen LogP contribution < -0.4 is 0 Å². The van der Waals surface area contributed by atoms with Crippen molar-refractivity contribution in [2.24, 2.45) is 9.98 Å². The largest absolute Gasteiger partial charge is 0.507 e. The van der Waals surface area contributed by atoms with Gasteiger partial charge in [0.05, 0.1) is 0 Å². The number of phenols is 2. The molecule has 7 heteroatoms. The van der Waals surface area contributed by atoms with Crippen molar-refractivity contribution < 1.29 is 27.3 Å². The molecule has 2 aromatic carbocycles. The van der Waals surface area contributed by atoms with Crippen molar-refractivity contribution in [3.05, 3.63) is 107 Å². The number of pyridine rings is 2. The SMILES string of the molecule is Cc1cccc(/N=C/c2ccccc2O)n1.Cc1cccc(/N=C/c2ccccc2O)n1.[Cu]. The van der Waals surface area contributed by atoms with E-state index in [-0.39, 0.29) is 28.6 Å². The van der Waals surface area contributed by atoms with E-state index in [1.165, 1.54) is 0 Å². The van der Waals surface area contributed by atoms with Gasteiger partial charge in [-0.3, -0.25) is 0 Å². The van der Waals surface area contributed by atoms with Crippen molar-refractivity contribution in [2.45, 2.75) is 13.8 Å². The first kappa shape index (κ1) is 25.5. The Bertz CT molecular complexity index is 1150. The van der Waals surface area contributed by atoms with Crippen LogP contribution in [0.4, 0.5) is 11.6 Å². The van der Waals surface area contributed by atoms with Crippen LogP contribution in [0.5, 0.6) is 11.5 Å².